The third-order valence-corrected chi connectivity index (χ3v) is 3.45. The second-order valence-corrected chi connectivity index (χ2v) is 5.10. The number of ether oxygens (including phenoxy) is 1. The molecule has 0 aromatic rings. The van der Waals surface area contributed by atoms with Crippen LogP contribution in [0.2, 0.25) is 0 Å². The largest absolute Gasteiger partial charge is 0.462 e. The molecule has 1 rings (SSSR count). The summed E-state index contributed by atoms with van der Waals surface area (Å²) in [5.41, 5.74) is 0. The van der Waals surface area contributed by atoms with Crippen molar-refractivity contribution >= 4 is 5.97 Å². The summed E-state index contributed by atoms with van der Waals surface area (Å²) in [6.07, 6.45) is 3.85. The topological polar surface area (TPSA) is 26.3 Å². The van der Waals surface area contributed by atoms with Crippen molar-refractivity contribution < 1.29 is 9.53 Å². The zero-order valence-corrected chi connectivity index (χ0v) is 10.2. The summed E-state index contributed by atoms with van der Waals surface area (Å²) in [5, 5.41) is 0. The molecule has 0 heterocycles. The SMILES string of the molecule is [CH2]CC(=O)O[C@@H]1C[C@H](C)CC[C@H]1C(C)C. The van der Waals surface area contributed by atoms with Gasteiger partial charge in [-0.25, -0.2) is 0 Å². The fourth-order valence-electron chi connectivity index (χ4n) is 2.48. The van der Waals surface area contributed by atoms with E-state index in [9.17, 15) is 4.79 Å². The summed E-state index contributed by atoms with van der Waals surface area (Å²) < 4.78 is 5.48. The minimum Gasteiger partial charge on any atom is -0.462 e. The Labute approximate surface area is 93.4 Å². The summed E-state index contributed by atoms with van der Waals surface area (Å²) in [7, 11) is 0. The molecule has 1 aliphatic carbocycles. The van der Waals surface area contributed by atoms with Gasteiger partial charge in [0.1, 0.15) is 6.10 Å². The molecule has 0 aromatic heterocycles. The van der Waals surface area contributed by atoms with Gasteiger partial charge in [0.2, 0.25) is 0 Å². The molecule has 0 N–H and O–H groups in total. The Morgan fingerprint density at radius 1 is 1.47 bits per heavy atom. The molecule has 1 radical (unpaired) electrons. The monoisotopic (exact) mass is 211 g/mol. The molecule has 1 aliphatic rings. The summed E-state index contributed by atoms with van der Waals surface area (Å²) in [6, 6.07) is 0. The average Bonchev–Trinajstić information content (AvgIpc) is 2.17. The summed E-state index contributed by atoms with van der Waals surface area (Å²) in [6.45, 7) is 10.2. The van der Waals surface area contributed by atoms with E-state index < -0.39 is 0 Å². The number of carbonyl (C=O) groups excluding carboxylic acids is 1. The van der Waals surface area contributed by atoms with Crippen molar-refractivity contribution in [2.24, 2.45) is 17.8 Å². The minimum absolute atomic E-state index is 0.128. The number of hydrogen-bond donors (Lipinski definition) is 0. The van der Waals surface area contributed by atoms with Crippen LogP contribution in [0, 0.1) is 24.7 Å². The third-order valence-electron chi connectivity index (χ3n) is 3.45. The van der Waals surface area contributed by atoms with Gasteiger partial charge in [-0.15, -0.1) is 0 Å². The molecule has 15 heavy (non-hydrogen) atoms. The van der Waals surface area contributed by atoms with Crippen LogP contribution in [-0.2, 0) is 9.53 Å². The van der Waals surface area contributed by atoms with Crippen LogP contribution in [0.1, 0.15) is 46.5 Å². The predicted octanol–water partition coefficient (Wildman–Crippen LogP) is 3.21. The first kappa shape index (κ1) is 12.5. The van der Waals surface area contributed by atoms with Gasteiger partial charge in [-0.1, -0.05) is 27.2 Å². The van der Waals surface area contributed by atoms with Crippen LogP contribution in [0.3, 0.4) is 0 Å². The van der Waals surface area contributed by atoms with Crippen molar-refractivity contribution in [1.82, 2.24) is 0 Å². The van der Waals surface area contributed by atoms with Gasteiger partial charge in [-0.2, -0.15) is 0 Å². The molecule has 1 fully saturated rings. The molecule has 0 spiro atoms. The molecule has 0 aromatic carbocycles. The maximum Gasteiger partial charge on any atom is 0.306 e. The highest BCUT2D eigenvalue weighted by Crippen LogP contribution is 2.35. The Morgan fingerprint density at radius 2 is 2.13 bits per heavy atom. The molecule has 1 saturated carbocycles. The van der Waals surface area contributed by atoms with E-state index in [1.165, 1.54) is 12.8 Å². The quantitative estimate of drug-likeness (QED) is 0.670. The van der Waals surface area contributed by atoms with Crippen molar-refractivity contribution in [2.45, 2.75) is 52.6 Å². The van der Waals surface area contributed by atoms with Crippen LogP contribution >= 0.6 is 0 Å². The molecular formula is C13H23O2. The molecule has 0 amide bonds. The lowest BCUT2D eigenvalue weighted by Gasteiger charge is -2.36. The highest BCUT2D eigenvalue weighted by molar-refractivity contribution is 5.70. The Balaban J connectivity index is 2.57. The zero-order chi connectivity index (χ0) is 11.4. The smallest absolute Gasteiger partial charge is 0.306 e. The van der Waals surface area contributed by atoms with E-state index in [1.807, 2.05) is 0 Å². The molecule has 2 nitrogen and oxygen atoms in total. The lowest BCUT2D eigenvalue weighted by molar-refractivity contribution is -0.154. The van der Waals surface area contributed by atoms with Crippen LogP contribution in [-0.4, -0.2) is 12.1 Å². The molecule has 0 unspecified atom stereocenters. The number of hydrogen-bond acceptors (Lipinski definition) is 2. The highest BCUT2D eigenvalue weighted by atomic mass is 16.5. The highest BCUT2D eigenvalue weighted by Gasteiger charge is 2.32. The van der Waals surface area contributed by atoms with E-state index >= 15 is 0 Å². The second-order valence-electron chi connectivity index (χ2n) is 5.10. The van der Waals surface area contributed by atoms with Crippen LogP contribution in [0.5, 0.6) is 0 Å². The first-order chi connectivity index (χ1) is 7.04. The van der Waals surface area contributed by atoms with E-state index in [4.69, 9.17) is 4.74 Å². The van der Waals surface area contributed by atoms with Crippen LogP contribution in [0.25, 0.3) is 0 Å². The molecule has 0 saturated heterocycles. The van der Waals surface area contributed by atoms with Crippen molar-refractivity contribution in [1.29, 1.82) is 0 Å². The van der Waals surface area contributed by atoms with Crippen LogP contribution in [0.4, 0.5) is 0 Å². The summed E-state index contributed by atoms with van der Waals surface area (Å²) in [5.74, 6) is 1.67. The molecule has 2 heteroatoms. The molecule has 0 aliphatic heterocycles. The Morgan fingerprint density at radius 3 is 2.67 bits per heavy atom. The maximum absolute atomic E-state index is 11.3. The van der Waals surface area contributed by atoms with Gasteiger partial charge in [0.05, 0.1) is 0 Å². The van der Waals surface area contributed by atoms with Gasteiger partial charge in [0.15, 0.2) is 0 Å². The van der Waals surface area contributed by atoms with Crippen molar-refractivity contribution in [3.63, 3.8) is 0 Å². The molecular weight excluding hydrogens is 188 g/mol. The lowest BCUT2D eigenvalue weighted by Crippen LogP contribution is -2.35. The molecule has 87 valence electrons. The Bertz CT molecular complexity index is 211. The van der Waals surface area contributed by atoms with Gasteiger partial charge >= 0.3 is 5.97 Å². The standard InChI is InChI=1S/C13H23O2/c1-5-13(14)15-12-8-10(4)6-7-11(12)9(2)3/h9-12H,1,5-8H2,2-4H3/t10-,11+,12-/m1/s1. The maximum atomic E-state index is 11.3. The van der Waals surface area contributed by atoms with Gasteiger partial charge in [0, 0.05) is 6.42 Å². The summed E-state index contributed by atoms with van der Waals surface area (Å²) >= 11 is 0. The lowest BCUT2D eigenvalue weighted by atomic mass is 9.75. The fourth-order valence-corrected chi connectivity index (χ4v) is 2.48. The van der Waals surface area contributed by atoms with Crippen molar-refractivity contribution in [2.75, 3.05) is 0 Å². The molecule has 3 atom stereocenters. The van der Waals surface area contributed by atoms with Crippen LogP contribution < -0.4 is 0 Å². The van der Waals surface area contributed by atoms with Gasteiger partial charge < -0.3 is 4.74 Å². The number of rotatable bonds is 3. The number of carbonyl (C=O) groups is 1. The average molecular weight is 211 g/mol. The predicted molar refractivity (Wildman–Crippen MR) is 61.2 cm³/mol. The first-order valence-corrected chi connectivity index (χ1v) is 6.03. The first-order valence-electron chi connectivity index (χ1n) is 6.03. The fraction of sp³-hybridized carbons (Fsp3) is 0.846. The van der Waals surface area contributed by atoms with Gasteiger partial charge in [0.25, 0.3) is 0 Å². The Kier molecular flexibility index (Phi) is 4.62. The Hall–Kier alpha value is -0.530. The zero-order valence-electron chi connectivity index (χ0n) is 10.2. The van der Waals surface area contributed by atoms with Crippen molar-refractivity contribution in [3.8, 4) is 0 Å². The second kappa shape index (κ2) is 5.53. The molecule has 0 bridgehead atoms. The van der Waals surface area contributed by atoms with Crippen LogP contribution in [0.15, 0.2) is 0 Å². The summed E-state index contributed by atoms with van der Waals surface area (Å²) in [4.78, 5) is 11.3. The van der Waals surface area contributed by atoms with Gasteiger partial charge in [-0.3, -0.25) is 4.79 Å². The van der Waals surface area contributed by atoms with E-state index in [1.54, 1.807) is 0 Å². The van der Waals surface area contributed by atoms with E-state index in [0.717, 1.165) is 6.42 Å². The van der Waals surface area contributed by atoms with Crippen molar-refractivity contribution in [3.05, 3.63) is 6.92 Å². The van der Waals surface area contributed by atoms with Gasteiger partial charge in [-0.05, 0) is 37.5 Å². The number of esters is 1. The third kappa shape index (κ3) is 3.51. The van der Waals surface area contributed by atoms with E-state index in [0.29, 0.717) is 17.8 Å². The normalized spacial score (nSPS) is 31.7. The van der Waals surface area contributed by atoms with E-state index in [2.05, 4.69) is 27.7 Å². The van der Waals surface area contributed by atoms with E-state index in [-0.39, 0.29) is 18.5 Å². The minimum atomic E-state index is -0.153.